The van der Waals surface area contributed by atoms with Crippen LogP contribution < -0.4 is 5.14 Å². The van der Waals surface area contributed by atoms with Crippen LogP contribution in [0, 0.1) is 5.92 Å². The smallest absolute Gasteiger partial charge is 0.360 e. The van der Waals surface area contributed by atoms with Crippen LogP contribution in [-0.4, -0.2) is 31.2 Å². The van der Waals surface area contributed by atoms with E-state index < -0.39 is 16.0 Å². The van der Waals surface area contributed by atoms with Crippen molar-refractivity contribution < 1.29 is 17.9 Å². The number of primary sulfonamides is 1. The molecule has 1 heterocycles. The van der Waals surface area contributed by atoms with Gasteiger partial charge in [0.2, 0.25) is 10.0 Å². The Labute approximate surface area is 117 Å². The number of hydrogen-bond donors (Lipinski definition) is 2. The molecule has 1 aromatic heterocycles. The van der Waals surface area contributed by atoms with E-state index in [9.17, 15) is 13.2 Å². The molecular formula is C12H19N3O4S. The molecule has 0 unspecified atom stereocenters. The molecule has 0 aliphatic heterocycles. The Morgan fingerprint density at radius 2 is 2.10 bits per heavy atom. The molecule has 7 nitrogen and oxygen atoms in total. The highest BCUT2D eigenvalue weighted by Gasteiger charge is 2.28. The average Bonchev–Trinajstić information content (AvgIpc) is 3.03. The minimum atomic E-state index is -4.01. The van der Waals surface area contributed by atoms with Gasteiger partial charge in [0, 0.05) is 0 Å². The van der Waals surface area contributed by atoms with Gasteiger partial charge in [-0.05, 0) is 25.2 Å². The number of H-pyrrole nitrogens is 1. The lowest BCUT2D eigenvalue weighted by molar-refractivity contribution is 0.0431. The number of aromatic nitrogens is 2. The number of aryl methyl sites for hydroxylation is 1. The van der Waals surface area contributed by atoms with E-state index in [0.717, 1.165) is 25.7 Å². The molecule has 0 spiro atoms. The first-order valence-corrected chi connectivity index (χ1v) is 8.25. The van der Waals surface area contributed by atoms with Crippen LogP contribution in [0.25, 0.3) is 0 Å². The summed E-state index contributed by atoms with van der Waals surface area (Å²) in [6, 6.07) is 0. The van der Waals surface area contributed by atoms with E-state index >= 15 is 0 Å². The van der Waals surface area contributed by atoms with Crippen molar-refractivity contribution in [3.63, 3.8) is 0 Å². The first kappa shape index (κ1) is 15.0. The summed E-state index contributed by atoms with van der Waals surface area (Å²) in [4.78, 5) is 11.7. The number of carbonyl (C=O) groups is 1. The molecule has 0 saturated heterocycles. The van der Waals surface area contributed by atoms with Crippen molar-refractivity contribution in [2.45, 2.75) is 43.9 Å². The molecular weight excluding hydrogens is 282 g/mol. The first-order chi connectivity index (χ1) is 9.43. The summed E-state index contributed by atoms with van der Waals surface area (Å²) in [5.74, 6) is -0.377. The molecule has 20 heavy (non-hydrogen) atoms. The van der Waals surface area contributed by atoms with Crippen molar-refractivity contribution in [1.82, 2.24) is 10.2 Å². The average molecular weight is 301 g/mol. The van der Waals surface area contributed by atoms with E-state index in [1.807, 2.05) is 0 Å². The summed E-state index contributed by atoms with van der Waals surface area (Å²) in [5.41, 5.74) is 0.0719. The van der Waals surface area contributed by atoms with Gasteiger partial charge in [0.05, 0.1) is 12.3 Å². The second kappa shape index (κ2) is 5.92. The second-order valence-electron chi connectivity index (χ2n) is 5.03. The van der Waals surface area contributed by atoms with Gasteiger partial charge in [0.1, 0.15) is 4.90 Å². The predicted molar refractivity (Wildman–Crippen MR) is 71.6 cm³/mol. The first-order valence-electron chi connectivity index (χ1n) is 6.70. The number of rotatable bonds is 5. The predicted octanol–water partition coefficient (Wildman–Crippen LogP) is 0.966. The molecule has 1 saturated carbocycles. The monoisotopic (exact) mass is 301 g/mol. The molecule has 1 aliphatic carbocycles. The van der Waals surface area contributed by atoms with E-state index in [-0.39, 0.29) is 10.6 Å². The zero-order chi connectivity index (χ0) is 14.8. The SMILES string of the molecule is CCc1[nH]nc(C(=O)OCC2CCCC2)c1S(N)(=O)=O. The van der Waals surface area contributed by atoms with Crippen molar-refractivity contribution in [2.75, 3.05) is 6.61 Å². The third kappa shape index (κ3) is 3.18. The third-order valence-electron chi connectivity index (χ3n) is 3.55. The number of ether oxygens (including phenoxy) is 1. The Balaban J connectivity index is 2.15. The molecule has 0 bridgehead atoms. The lowest BCUT2D eigenvalue weighted by atomic mass is 10.1. The van der Waals surface area contributed by atoms with Gasteiger partial charge < -0.3 is 4.74 Å². The highest BCUT2D eigenvalue weighted by atomic mass is 32.2. The normalized spacial score (nSPS) is 16.5. The number of nitrogens with one attached hydrogen (secondary N) is 1. The molecule has 3 N–H and O–H groups in total. The number of sulfonamides is 1. The van der Waals surface area contributed by atoms with Crippen LogP contribution >= 0.6 is 0 Å². The maximum Gasteiger partial charge on any atom is 0.360 e. The quantitative estimate of drug-likeness (QED) is 0.786. The molecule has 0 atom stereocenters. The Morgan fingerprint density at radius 1 is 1.45 bits per heavy atom. The van der Waals surface area contributed by atoms with Crippen molar-refractivity contribution in [1.29, 1.82) is 0 Å². The summed E-state index contributed by atoms with van der Waals surface area (Å²) in [7, 11) is -4.01. The standard InChI is InChI=1S/C12H19N3O4S/c1-2-9-11(20(13,17)18)10(15-14-9)12(16)19-7-8-5-3-4-6-8/h8H,2-7H2,1H3,(H,14,15)(H2,13,17,18). The van der Waals surface area contributed by atoms with E-state index in [2.05, 4.69) is 10.2 Å². The van der Waals surface area contributed by atoms with Gasteiger partial charge in [-0.3, -0.25) is 5.10 Å². The fraction of sp³-hybridized carbons (Fsp3) is 0.667. The Hall–Kier alpha value is -1.41. The van der Waals surface area contributed by atoms with Gasteiger partial charge in [-0.15, -0.1) is 0 Å². The molecule has 1 fully saturated rings. The van der Waals surface area contributed by atoms with Gasteiger partial charge in [-0.25, -0.2) is 18.4 Å². The van der Waals surface area contributed by atoms with Gasteiger partial charge in [0.25, 0.3) is 0 Å². The van der Waals surface area contributed by atoms with E-state index in [4.69, 9.17) is 9.88 Å². The lowest BCUT2D eigenvalue weighted by Gasteiger charge is -2.09. The fourth-order valence-corrected chi connectivity index (χ4v) is 3.42. The zero-order valence-corrected chi connectivity index (χ0v) is 12.2. The Bertz CT molecular complexity index is 588. The molecule has 1 aliphatic rings. The van der Waals surface area contributed by atoms with Crippen molar-refractivity contribution in [3.05, 3.63) is 11.4 Å². The van der Waals surface area contributed by atoms with Crippen LogP contribution in [0.1, 0.15) is 48.8 Å². The minimum absolute atomic E-state index is 0.248. The van der Waals surface area contributed by atoms with Crippen molar-refractivity contribution >= 4 is 16.0 Å². The van der Waals surface area contributed by atoms with Crippen LogP contribution in [0.5, 0.6) is 0 Å². The van der Waals surface area contributed by atoms with Crippen LogP contribution in [0.4, 0.5) is 0 Å². The van der Waals surface area contributed by atoms with Crippen LogP contribution in [0.2, 0.25) is 0 Å². The summed E-state index contributed by atoms with van der Waals surface area (Å²) < 4.78 is 28.3. The molecule has 1 aromatic rings. The molecule has 0 aromatic carbocycles. The van der Waals surface area contributed by atoms with Crippen LogP contribution in [-0.2, 0) is 21.2 Å². The van der Waals surface area contributed by atoms with E-state index in [0.29, 0.717) is 24.6 Å². The number of carbonyl (C=O) groups excluding carboxylic acids is 1. The maximum atomic E-state index is 12.0. The molecule has 8 heteroatoms. The van der Waals surface area contributed by atoms with Crippen LogP contribution in [0.15, 0.2) is 4.90 Å². The topological polar surface area (TPSA) is 115 Å². The number of hydrogen-bond acceptors (Lipinski definition) is 5. The summed E-state index contributed by atoms with van der Waals surface area (Å²) in [5, 5.41) is 11.4. The Kier molecular flexibility index (Phi) is 4.44. The zero-order valence-electron chi connectivity index (χ0n) is 11.4. The highest BCUT2D eigenvalue weighted by Crippen LogP contribution is 2.25. The number of nitrogens with zero attached hydrogens (tertiary/aromatic N) is 1. The van der Waals surface area contributed by atoms with Gasteiger partial charge in [-0.2, -0.15) is 5.10 Å². The minimum Gasteiger partial charge on any atom is -0.461 e. The maximum absolute atomic E-state index is 12.0. The Morgan fingerprint density at radius 3 is 2.65 bits per heavy atom. The van der Waals surface area contributed by atoms with Gasteiger partial charge in [0.15, 0.2) is 5.69 Å². The largest absolute Gasteiger partial charge is 0.461 e. The lowest BCUT2D eigenvalue weighted by Crippen LogP contribution is -2.19. The van der Waals surface area contributed by atoms with E-state index in [1.165, 1.54) is 0 Å². The molecule has 0 radical (unpaired) electrons. The van der Waals surface area contributed by atoms with Crippen LogP contribution in [0.3, 0.4) is 0 Å². The number of nitrogens with two attached hydrogens (primary N) is 1. The summed E-state index contributed by atoms with van der Waals surface area (Å²) in [6.07, 6.45) is 4.75. The highest BCUT2D eigenvalue weighted by molar-refractivity contribution is 7.89. The molecule has 0 amide bonds. The van der Waals surface area contributed by atoms with Gasteiger partial charge >= 0.3 is 5.97 Å². The summed E-state index contributed by atoms with van der Waals surface area (Å²) >= 11 is 0. The summed E-state index contributed by atoms with van der Waals surface area (Å²) in [6.45, 7) is 2.05. The van der Waals surface area contributed by atoms with E-state index in [1.54, 1.807) is 6.92 Å². The molecule has 112 valence electrons. The fourth-order valence-electron chi connectivity index (χ4n) is 2.49. The number of aromatic amines is 1. The second-order valence-corrected chi connectivity index (χ2v) is 6.53. The number of esters is 1. The van der Waals surface area contributed by atoms with Gasteiger partial charge in [-0.1, -0.05) is 19.8 Å². The third-order valence-corrected chi connectivity index (χ3v) is 4.56. The van der Waals surface area contributed by atoms with Crippen molar-refractivity contribution in [2.24, 2.45) is 11.1 Å². The molecule has 2 rings (SSSR count). The van der Waals surface area contributed by atoms with Crippen molar-refractivity contribution in [3.8, 4) is 0 Å².